The van der Waals surface area contributed by atoms with E-state index < -0.39 is 11.4 Å². The van der Waals surface area contributed by atoms with Crippen LogP contribution in [0.4, 0.5) is 0 Å². The number of H-pyrrole nitrogens is 2. The van der Waals surface area contributed by atoms with Crippen LogP contribution in [0.1, 0.15) is 129 Å². The maximum absolute atomic E-state index is 12.7. The number of nitrogens with zero attached hydrogens (tertiary/aromatic N) is 6. The maximum atomic E-state index is 12.7. The van der Waals surface area contributed by atoms with E-state index in [-0.39, 0.29) is 78.4 Å². The Morgan fingerprint density at radius 2 is 0.938 bits per heavy atom. The lowest BCUT2D eigenvalue weighted by molar-refractivity contribution is -0.139. The maximum Gasteiger partial charge on any atom is 0.330 e. The highest BCUT2D eigenvalue weighted by molar-refractivity contribution is 6.08. The molecular weight excluding hydrogens is 1000 g/mol. The molecule has 422 valence electrons. The zero-order valence-corrected chi connectivity index (χ0v) is 50.0. The molecule has 2 N–H and O–H groups in total. The second kappa shape index (κ2) is 23.0. The first-order chi connectivity index (χ1) is 38.0. The third kappa shape index (κ3) is 11.4. The molecule has 1 aliphatic carbocycles. The van der Waals surface area contributed by atoms with Crippen LogP contribution in [0.25, 0.3) is 90.7 Å². The third-order valence-electron chi connectivity index (χ3n) is 15.4. The molecule has 2 aliphatic heterocycles. The van der Waals surface area contributed by atoms with Crippen LogP contribution in [0.15, 0.2) is 79.4 Å². The summed E-state index contributed by atoms with van der Waals surface area (Å²) in [6.45, 7) is 40.5. The molecule has 8 bridgehead atoms. The molecule has 1 atom stereocenters. The van der Waals surface area contributed by atoms with Gasteiger partial charge in [-0.3, -0.25) is 0 Å². The standard InChI is InChI=1S/C66H82N8O6/c1-19-49(75)76-32-66(18)30-29-44-53(48(31-66)80-57(39(14)15)40(16)17)65-72-60-43-25-22-27-46(78-55(35(6)7)36(8)9)51(43)63(71-60)68-58-41-23-20-26-45(77-54(33(2)3)34(4)5)50(41)62(67-58)69-59-42-24-21-28-47(79-56(37(10)11)38(12)13)52(42)64(70-59)73-61(44)74-65/h19-31,33-40,54-57H,1,32H2,2-18H3,(H2,67,68,69,70,71,72,73,74). The average molecular weight is 1080 g/mol. The van der Waals surface area contributed by atoms with Gasteiger partial charge in [-0.25, -0.2) is 34.7 Å². The summed E-state index contributed by atoms with van der Waals surface area (Å²) >= 11 is 0. The highest BCUT2D eigenvalue weighted by Crippen LogP contribution is 2.47. The summed E-state index contributed by atoms with van der Waals surface area (Å²) < 4.78 is 34.2. The molecule has 3 aromatic heterocycles. The van der Waals surface area contributed by atoms with Gasteiger partial charge in [-0.1, -0.05) is 166 Å². The number of benzene rings is 3. The summed E-state index contributed by atoms with van der Waals surface area (Å²) in [6.07, 6.45) is 6.67. The Kier molecular flexibility index (Phi) is 16.5. The fraction of sp³-hybridized carbons (Fsp3) is 0.470. The summed E-state index contributed by atoms with van der Waals surface area (Å²) in [5.41, 5.74) is 5.32. The predicted octanol–water partition coefficient (Wildman–Crippen LogP) is 15.7. The molecule has 0 spiro atoms. The number of esters is 1. The van der Waals surface area contributed by atoms with Crippen molar-refractivity contribution in [3.63, 3.8) is 0 Å². The monoisotopic (exact) mass is 1080 g/mol. The lowest BCUT2D eigenvalue weighted by Crippen LogP contribution is -2.29. The molecular formula is C66H82N8O6. The molecule has 6 aromatic rings. The van der Waals surface area contributed by atoms with E-state index in [1.807, 2.05) is 79.7 Å². The SMILES string of the molecule is C=CC(=O)OCC1(C)C=Cc2c(c3nc4nc(nc5[nH]c(nc6nc(nc2[nH]3)-c2c(OC(C(C)C)C(C)C)cccc2-6)c2c(OC(C(C)C)C(C)C)cccc52)-c2c(OC(C(C)C)C(C)C)cccc2-4)C(OC(C(C)C)C(C)C)=C1. The minimum absolute atomic E-state index is 0.0164. The van der Waals surface area contributed by atoms with Crippen molar-refractivity contribution in [2.45, 2.75) is 142 Å². The number of fused-ring (bicyclic) bond motifs is 20. The highest BCUT2D eigenvalue weighted by Gasteiger charge is 2.35. The van der Waals surface area contributed by atoms with Crippen molar-refractivity contribution < 1.29 is 28.5 Å². The van der Waals surface area contributed by atoms with Crippen molar-refractivity contribution in [3.05, 3.63) is 90.5 Å². The van der Waals surface area contributed by atoms with Gasteiger partial charge in [0.25, 0.3) is 0 Å². The quantitative estimate of drug-likeness (QED) is 0.0581. The second-order valence-corrected chi connectivity index (χ2v) is 24.9. The van der Waals surface area contributed by atoms with E-state index >= 15 is 0 Å². The van der Waals surface area contributed by atoms with Gasteiger partial charge in [0.05, 0.1) is 22.1 Å². The molecule has 5 heterocycles. The topological polar surface area (TPSA) is 172 Å². The molecule has 14 nitrogen and oxygen atoms in total. The molecule has 9 rings (SSSR count). The van der Waals surface area contributed by atoms with E-state index in [1.165, 1.54) is 6.08 Å². The van der Waals surface area contributed by atoms with Crippen LogP contribution >= 0.6 is 0 Å². The van der Waals surface area contributed by atoms with Crippen LogP contribution in [0, 0.1) is 52.8 Å². The first-order valence-electron chi connectivity index (χ1n) is 28.8. The van der Waals surface area contributed by atoms with Crippen molar-refractivity contribution in [1.82, 2.24) is 39.9 Å². The zero-order chi connectivity index (χ0) is 57.6. The van der Waals surface area contributed by atoms with Gasteiger partial charge >= 0.3 is 5.97 Å². The van der Waals surface area contributed by atoms with Gasteiger partial charge in [-0.05, 0) is 78.5 Å². The summed E-state index contributed by atoms with van der Waals surface area (Å²) in [5.74, 6) is 5.12. The van der Waals surface area contributed by atoms with Gasteiger partial charge in [-0.2, -0.15) is 0 Å². The van der Waals surface area contributed by atoms with Crippen LogP contribution < -0.4 is 14.2 Å². The fourth-order valence-electron chi connectivity index (χ4n) is 11.8. The minimum Gasteiger partial charge on any atom is -0.489 e. The number of hydrogen-bond acceptors (Lipinski definition) is 12. The number of ether oxygens (including phenoxy) is 5. The first kappa shape index (κ1) is 57.3. The Morgan fingerprint density at radius 1 is 0.512 bits per heavy atom. The van der Waals surface area contributed by atoms with Crippen LogP contribution in [0.3, 0.4) is 0 Å². The highest BCUT2D eigenvalue weighted by atomic mass is 16.5. The van der Waals surface area contributed by atoms with E-state index in [4.69, 9.17) is 53.6 Å². The van der Waals surface area contributed by atoms with Crippen LogP contribution in [0.2, 0.25) is 0 Å². The van der Waals surface area contributed by atoms with Crippen molar-refractivity contribution in [1.29, 1.82) is 0 Å². The van der Waals surface area contributed by atoms with Crippen LogP contribution in [0.5, 0.6) is 17.2 Å². The number of carbonyl (C=O) groups excluding carboxylic acids is 1. The van der Waals surface area contributed by atoms with Crippen molar-refractivity contribution in [3.8, 4) is 62.8 Å². The van der Waals surface area contributed by atoms with Gasteiger partial charge in [0.2, 0.25) is 0 Å². The number of rotatable bonds is 19. The van der Waals surface area contributed by atoms with Gasteiger partial charge in [-0.15, -0.1) is 0 Å². The number of hydrogen-bond donors (Lipinski definition) is 2. The minimum atomic E-state index is -0.847. The van der Waals surface area contributed by atoms with E-state index in [0.29, 0.717) is 91.1 Å². The molecule has 0 amide bonds. The number of aromatic amines is 2. The summed E-state index contributed by atoms with van der Waals surface area (Å²) in [4.78, 5) is 52.9. The average Bonchev–Trinajstić information content (AvgIpc) is 4.15. The van der Waals surface area contributed by atoms with Crippen molar-refractivity contribution >= 4 is 51.2 Å². The molecule has 0 saturated carbocycles. The van der Waals surface area contributed by atoms with E-state index in [0.717, 1.165) is 21.9 Å². The van der Waals surface area contributed by atoms with Crippen molar-refractivity contribution in [2.75, 3.05) is 6.61 Å². The van der Waals surface area contributed by atoms with Gasteiger partial charge in [0.1, 0.15) is 76.6 Å². The molecule has 80 heavy (non-hydrogen) atoms. The Hall–Kier alpha value is -7.35. The lowest BCUT2D eigenvalue weighted by Gasteiger charge is -2.29. The van der Waals surface area contributed by atoms with Crippen LogP contribution in [-0.2, 0) is 14.3 Å². The Morgan fingerprint density at radius 3 is 1.44 bits per heavy atom. The first-order valence-corrected chi connectivity index (χ1v) is 28.8. The summed E-state index contributed by atoms with van der Waals surface area (Å²) in [5, 5.41) is 1.55. The molecule has 0 radical (unpaired) electrons. The summed E-state index contributed by atoms with van der Waals surface area (Å²) in [7, 11) is 0. The Labute approximate surface area is 472 Å². The number of carbonyl (C=O) groups is 1. The van der Waals surface area contributed by atoms with E-state index in [2.05, 4.69) is 127 Å². The summed E-state index contributed by atoms with van der Waals surface area (Å²) in [6, 6.07) is 18.0. The molecule has 3 aromatic carbocycles. The molecule has 0 saturated heterocycles. The number of aromatic nitrogens is 8. The van der Waals surface area contributed by atoms with Gasteiger partial charge < -0.3 is 33.7 Å². The zero-order valence-electron chi connectivity index (χ0n) is 50.0. The lowest BCUT2D eigenvalue weighted by atomic mass is 9.90. The molecule has 0 fully saturated rings. The van der Waals surface area contributed by atoms with Crippen LogP contribution in [-0.4, -0.2) is 76.9 Å². The van der Waals surface area contributed by atoms with Gasteiger partial charge in [0, 0.05) is 33.6 Å². The number of nitrogens with one attached hydrogen (secondary N) is 2. The smallest absolute Gasteiger partial charge is 0.330 e. The fourth-order valence-corrected chi connectivity index (χ4v) is 11.8. The van der Waals surface area contributed by atoms with Gasteiger partial charge in [0.15, 0.2) is 23.3 Å². The molecule has 1 unspecified atom stereocenters. The largest absolute Gasteiger partial charge is 0.489 e. The van der Waals surface area contributed by atoms with E-state index in [9.17, 15) is 4.79 Å². The third-order valence-corrected chi connectivity index (χ3v) is 15.4. The Bertz CT molecular complexity index is 3510. The van der Waals surface area contributed by atoms with E-state index in [1.54, 1.807) is 0 Å². The second-order valence-electron chi connectivity index (χ2n) is 24.9. The normalized spacial score (nSPS) is 15.1. The Balaban J connectivity index is 1.47. The molecule has 3 aliphatic rings. The molecule has 14 heteroatoms. The van der Waals surface area contributed by atoms with Crippen molar-refractivity contribution in [2.24, 2.45) is 52.8 Å². The predicted molar refractivity (Wildman–Crippen MR) is 322 cm³/mol.